The van der Waals surface area contributed by atoms with Crippen LogP contribution in [0.5, 0.6) is 0 Å². The van der Waals surface area contributed by atoms with Crippen molar-refractivity contribution < 1.29 is 4.79 Å². The Morgan fingerprint density at radius 3 is 2.72 bits per heavy atom. The molecule has 0 bridgehead atoms. The quantitative estimate of drug-likeness (QED) is 0.719. The fraction of sp³-hybridized carbons (Fsp3) is 0.357. The molecular formula is C14H17N3O. The fourth-order valence-electron chi connectivity index (χ4n) is 2.84. The molecule has 2 aromatic rings. The summed E-state index contributed by atoms with van der Waals surface area (Å²) >= 11 is 0. The summed E-state index contributed by atoms with van der Waals surface area (Å²) in [7, 11) is 1.72. The van der Waals surface area contributed by atoms with Crippen LogP contribution in [-0.2, 0) is 10.2 Å². The summed E-state index contributed by atoms with van der Waals surface area (Å²) in [6.07, 6.45) is 1.84. The van der Waals surface area contributed by atoms with E-state index in [0.29, 0.717) is 0 Å². The summed E-state index contributed by atoms with van der Waals surface area (Å²) < 4.78 is 0. The number of H-pyrrole nitrogens is 1. The number of nitrogens with one attached hydrogen (secondary N) is 3. The number of benzene rings is 1. The maximum atomic E-state index is 12.2. The molecule has 18 heavy (non-hydrogen) atoms. The van der Waals surface area contributed by atoms with Gasteiger partial charge < -0.3 is 4.98 Å². The number of para-hydroxylation sites is 1. The molecule has 3 rings (SSSR count). The molecule has 0 atom stereocenters. The number of hydrogen-bond donors (Lipinski definition) is 3. The first kappa shape index (κ1) is 11.3. The number of aromatic amines is 1. The molecule has 1 aromatic carbocycles. The first-order valence-corrected chi connectivity index (χ1v) is 6.24. The van der Waals surface area contributed by atoms with Crippen LogP contribution < -0.4 is 10.9 Å². The Kier molecular flexibility index (Phi) is 2.41. The fourth-order valence-corrected chi connectivity index (χ4v) is 2.84. The molecule has 0 aliphatic heterocycles. The summed E-state index contributed by atoms with van der Waals surface area (Å²) in [5, 5.41) is 1.17. The zero-order valence-corrected chi connectivity index (χ0v) is 10.6. The standard InChI is InChI=1S/C14H17N3O/c1-9-12(10-5-3-4-6-11(10)16-9)14(7-8-14)13(18)17-15-2/h3-6,15-16H,7-8H2,1-2H3,(H,17,18). The number of aryl methyl sites for hydroxylation is 1. The highest BCUT2D eigenvalue weighted by Gasteiger charge is 2.53. The Bertz CT molecular complexity index is 611. The van der Waals surface area contributed by atoms with E-state index in [4.69, 9.17) is 0 Å². The van der Waals surface area contributed by atoms with Gasteiger partial charge in [0.1, 0.15) is 0 Å². The Morgan fingerprint density at radius 2 is 2.06 bits per heavy atom. The van der Waals surface area contributed by atoms with Gasteiger partial charge in [0.25, 0.3) is 0 Å². The number of carbonyl (C=O) groups is 1. The SMILES string of the molecule is CNNC(=O)C1(c2c(C)[nH]c3ccccc23)CC1. The van der Waals surface area contributed by atoms with E-state index < -0.39 is 0 Å². The lowest BCUT2D eigenvalue weighted by molar-refractivity contribution is -0.124. The van der Waals surface area contributed by atoms with Crippen LogP contribution in [-0.4, -0.2) is 17.9 Å². The molecule has 1 heterocycles. The van der Waals surface area contributed by atoms with Gasteiger partial charge in [-0.05, 0) is 31.4 Å². The lowest BCUT2D eigenvalue weighted by Crippen LogP contribution is -2.41. The van der Waals surface area contributed by atoms with Crippen LogP contribution in [0.2, 0.25) is 0 Å². The van der Waals surface area contributed by atoms with Crippen molar-refractivity contribution in [2.45, 2.75) is 25.2 Å². The lowest BCUT2D eigenvalue weighted by atomic mass is 9.92. The topological polar surface area (TPSA) is 56.9 Å². The second-order valence-corrected chi connectivity index (χ2v) is 4.96. The number of aromatic nitrogens is 1. The number of hydrogen-bond acceptors (Lipinski definition) is 2. The molecule has 0 radical (unpaired) electrons. The van der Waals surface area contributed by atoms with Crippen LogP contribution in [0.4, 0.5) is 0 Å². The summed E-state index contributed by atoms with van der Waals surface area (Å²) in [6.45, 7) is 2.04. The minimum Gasteiger partial charge on any atom is -0.358 e. The molecule has 94 valence electrons. The molecule has 1 aliphatic carbocycles. The molecule has 0 saturated heterocycles. The van der Waals surface area contributed by atoms with Gasteiger partial charge in [-0.1, -0.05) is 18.2 Å². The zero-order valence-electron chi connectivity index (χ0n) is 10.6. The van der Waals surface area contributed by atoms with E-state index in [-0.39, 0.29) is 11.3 Å². The van der Waals surface area contributed by atoms with Gasteiger partial charge in [-0.3, -0.25) is 10.2 Å². The van der Waals surface area contributed by atoms with E-state index in [1.807, 2.05) is 19.1 Å². The third-order valence-electron chi connectivity index (χ3n) is 3.80. The van der Waals surface area contributed by atoms with Gasteiger partial charge in [-0.2, -0.15) is 0 Å². The average Bonchev–Trinajstić information content (AvgIpc) is 3.07. The lowest BCUT2D eigenvalue weighted by Gasteiger charge is -2.15. The van der Waals surface area contributed by atoms with E-state index in [9.17, 15) is 4.79 Å². The van der Waals surface area contributed by atoms with E-state index in [1.165, 1.54) is 5.39 Å². The number of rotatable bonds is 3. The molecule has 1 fully saturated rings. The highest BCUT2D eigenvalue weighted by molar-refractivity contribution is 5.98. The summed E-state index contributed by atoms with van der Waals surface area (Å²) in [5.41, 5.74) is 8.48. The molecule has 1 aliphatic rings. The van der Waals surface area contributed by atoms with Crippen molar-refractivity contribution in [1.82, 2.24) is 15.8 Å². The van der Waals surface area contributed by atoms with Gasteiger partial charge in [0, 0.05) is 23.6 Å². The molecule has 0 spiro atoms. The van der Waals surface area contributed by atoms with E-state index in [0.717, 1.165) is 29.6 Å². The monoisotopic (exact) mass is 243 g/mol. The first-order chi connectivity index (χ1) is 8.69. The van der Waals surface area contributed by atoms with Crippen LogP contribution in [0.15, 0.2) is 24.3 Å². The van der Waals surface area contributed by atoms with Gasteiger partial charge in [0.15, 0.2) is 0 Å². The third kappa shape index (κ3) is 1.46. The van der Waals surface area contributed by atoms with Crippen LogP contribution in [0, 0.1) is 6.92 Å². The number of carbonyl (C=O) groups excluding carboxylic acids is 1. The molecule has 0 unspecified atom stereocenters. The van der Waals surface area contributed by atoms with Crippen LogP contribution in [0.1, 0.15) is 24.1 Å². The Balaban J connectivity index is 2.14. The predicted molar refractivity (Wildman–Crippen MR) is 71.2 cm³/mol. The van der Waals surface area contributed by atoms with Gasteiger partial charge in [0.2, 0.25) is 5.91 Å². The molecule has 4 heteroatoms. The second-order valence-electron chi connectivity index (χ2n) is 4.96. The Hall–Kier alpha value is -1.81. The highest BCUT2D eigenvalue weighted by Crippen LogP contribution is 2.51. The number of amides is 1. The van der Waals surface area contributed by atoms with Crippen LogP contribution in [0.3, 0.4) is 0 Å². The minimum absolute atomic E-state index is 0.0675. The largest absolute Gasteiger partial charge is 0.358 e. The predicted octanol–water partition coefficient (Wildman–Crippen LogP) is 1.76. The van der Waals surface area contributed by atoms with E-state index in [2.05, 4.69) is 28.0 Å². The van der Waals surface area contributed by atoms with E-state index in [1.54, 1.807) is 7.05 Å². The third-order valence-corrected chi connectivity index (χ3v) is 3.80. The van der Waals surface area contributed by atoms with Gasteiger partial charge in [-0.25, -0.2) is 5.43 Å². The van der Waals surface area contributed by atoms with Crippen molar-refractivity contribution >= 4 is 16.8 Å². The van der Waals surface area contributed by atoms with Gasteiger partial charge >= 0.3 is 0 Å². The van der Waals surface area contributed by atoms with Crippen LogP contribution in [0.25, 0.3) is 10.9 Å². The Labute approximate surface area is 106 Å². The van der Waals surface area contributed by atoms with Crippen LogP contribution >= 0.6 is 0 Å². The molecular weight excluding hydrogens is 226 g/mol. The van der Waals surface area contributed by atoms with Crippen molar-refractivity contribution in [3.05, 3.63) is 35.5 Å². The van der Waals surface area contributed by atoms with Crippen molar-refractivity contribution in [1.29, 1.82) is 0 Å². The molecule has 1 saturated carbocycles. The molecule has 4 nitrogen and oxygen atoms in total. The second kappa shape index (κ2) is 3.85. The Morgan fingerprint density at radius 1 is 1.33 bits per heavy atom. The van der Waals surface area contributed by atoms with Gasteiger partial charge in [0.05, 0.1) is 5.41 Å². The van der Waals surface area contributed by atoms with Gasteiger partial charge in [-0.15, -0.1) is 0 Å². The summed E-state index contributed by atoms with van der Waals surface area (Å²) in [5.74, 6) is 0.0675. The smallest absolute Gasteiger partial charge is 0.244 e. The van der Waals surface area contributed by atoms with Crippen molar-refractivity contribution in [2.75, 3.05) is 7.05 Å². The summed E-state index contributed by atoms with van der Waals surface area (Å²) in [6, 6.07) is 8.17. The maximum Gasteiger partial charge on any atom is 0.244 e. The van der Waals surface area contributed by atoms with Crippen molar-refractivity contribution in [2.24, 2.45) is 0 Å². The number of hydrazine groups is 1. The summed E-state index contributed by atoms with van der Waals surface area (Å²) in [4.78, 5) is 15.6. The minimum atomic E-state index is -0.341. The maximum absolute atomic E-state index is 12.2. The first-order valence-electron chi connectivity index (χ1n) is 6.24. The normalized spacial score (nSPS) is 16.8. The molecule has 1 amide bonds. The average molecular weight is 243 g/mol. The molecule has 1 aromatic heterocycles. The van der Waals surface area contributed by atoms with Crippen molar-refractivity contribution in [3.8, 4) is 0 Å². The number of fused-ring (bicyclic) bond motifs is 1. The van der Waals surface area contributed by atoms with E-state index >= 15 is 0 Å². The molecule has 3 N–H and O–H groups in total. The highest BCUT2D eigenvalue weighted by atomic mass is 16.2. The van der Waals surface area contributed by atoms with Crippen molar-refractivity contribution in [3.63, 3.8) is 0 Å². The zero-order chi connectivity index (χ0) is 12.8.